The number of aromatic nitrogens is 1. The number of pyridine rings is 1. The Labute approximate surface area is 107 Å². The van der Waals surface area contributed by atoms with Crippen LogP contribution in [0, 0.1) is 0 Å². The van der Waals surface area contributed by atoms with Crippen molar-refractivity contribution in [3.05, 3.63) is 28.5 Å². The second kappa shape index (κ2) is 4.83. The third-order valence-electron chi connectivity index (χ3n) is 2.74. The normalized spacial score (nSPS) is 19.5. The third-order valence-corrected chi connectivity index (χ3v) is 3.37. The van der Waals surface area contributed by atoms with Gasteiger partial charge in [-0.25, -0.2) is 4.98 Å². The van der Waals surface area contributed by atoms with E-state index in [2.05, 4.69) is 26.2 Å². The molecule has 90 valence electrons. The van der Waals surface area contributed by atoms with Gasteiger partial charge in [-0.1, -0.05) is 0 Å². The minimum absolute atomic E-state index is 0.0432. The minimum atomic E-state index is -0.417. The van der Waals surface area contributed by atoms with Crippen LogP contribution < -0.4 is 5.32 Å². The quantitative estimate of drug-likeness (QED) is 0.822. The maximum atomic E-state index is 11.9. The van der Waals surface area contributed by atoms with Crippen LogP contribution in [0.2, 0.25) is 0 Å². The van der Waals surface area contributed by atoms with Crippen molar-refractivity contribution in [3.8, 4) is 0 Å². The summed E-state index contributed by atoms with van der Waals surface area (Å²) in [5.74, 6) is -0.322. The molecule has 1 aromatic rings. The van der Waals surface area contributed by atoms with E-state index in [1.54, 1.807) is 30.3 Å². The highest BCUT2D eigenvalue weighted by molar-refractivity contribution is 9.10. The predicted octanol–water partition coefficient (Wildman–Crippen LogP) is 0.805. The molecule has 1 unspecified atom stereocenters. The molecular formula is C11H12BrN3O2. The zero-order valence-electron chi connectivity index (χ0n) is 9.31. The molecule has 1 atom stereocenters. The predicted molar refractivity (Wildman–Crippen MR) is 65.4 cm³/mol. The first kappa shape index (κ1) is 12.0. The first-order valence-corrected chi connectivity index (χ1v) is 6.05. The van der Waals surface area contributed by atoms with Crippen LogP contribution in [-0.2, 0) is 4.79 Å². The lowest BCUT2D eigenvalue weighted by Crippen LogP contribution is -2.40. The fourth-order valence-electron chi connectivity index (χ4n) is 1.75. The number of hydrogen-bond donors (Lipinski definition) is 1. The first-order valence-electron chi connectivity index (χ1n) is 5.26. The molecule has 0 spiro atoms. The van der Waals surface area contributed by atoms with E-state index < -0.39 is 6.04 Å². The van der Waals surface area contributed by atoms with Gasteiger partial charge >= 0.3 is 0 Å². The molecule has 2 heterocycles. The lowest BCUT2D eigenvalue weighted by molar-refractivity contribution is -0.128. The van der Waals surface area contributed by atoms with Crippen LogP contribution in [0.15, 0.2) is 22.9 Å². The van der Waals surface area contributed by atoms with E-state index in [9.17, 15) is 9.59 Å². The average Bonchev–Trinajstić information content (AvgIpc) is 2.61. The lowest BCUT2D eigenvalue weighted by atomic mass is 10.2. The molecule has 0 bridgehead atoms. The number of nitrogens with one attached hydrogen (secondary N) is 1. The van der Waals surface area contributed by atoms with Crippen molar-refractivity contribution in [2.24, 2.45) is 0 Å². The molecule has 1 aliphatic heterocycles. The molecule has 2 rings (SSSR count). The highest BCUT2D eigenvalue weighted by Crippen LogP contribution is 2.14. The summed E-state index contributed by atoms with van der Waals surface area (Å²) in [4.78, 5) is 29.1. The monoisotopic (exact) mass is 297 g/mol. The zero-order chi connectivity index (χ0) is 12.4. The van der Waals surface area contributed by atoms with Crippen LogP contribution in [0.1, 0.15) is 16.8 Å². The van der Waals surface area contributed by atoms with E-state index in [1.165, 1.54) is 0 Å². The largest absolute Gasteiger partial charge is 0.344 e. The highest BCUT2D eigenvalue weighted by Gasteiger charge is 2.30. The Morgan fingerprint density at radius 2 is 2.41 bits per heavy atom. The Balaban J connectivity index is 2.08. The molecule has 1 N–H and O–H groups in total. The first-order chi connectivity index (χ1) is 8.09. The number of amides is 2. The molecule has 0 saturated carbocycles. The Bertz CT molecular complexity index is 464. The molecular weight excluding hydrogens is 286 g/mol. The second-order valence-corrected chi connectivity index (χ2v) is 4.67. The van der Waals surface area contributed by atoms with Crippen LogP contribution in [0.4, 0.5) is 0 Å². The van der Waals surface area contributed by atoms with Gasteiger partial charge in [0.1, 0.15) is 10.6 Å². The Kier molecular flexibility index (Phi) is 3.42. The van der Waals surface area contributed by atoms with E-state index >= 15 is 0 Å². The molecule has 1 aliphatic rings. The van der Waals surface area contributed by atoms with Crippen molar-refractivity contribution in [1.29, 1.82) is 0 Å². The fraction of sp³-hybridized carbons (Fsp3) is 0.364. The van der Waals surface area contributed by atoms with E-state index in [1.807, 2.05) is 0 Å². The van der Waals surface area contributed by atoms with Gasteiger partial charge in [0.05, 0.1) is 5.56 Å². The van der Waals surface area contributed by atoms with E-state index in [-0.39, 0.29) is 11.8 Å². The molecule has 1 saturated heterocycles. The van der Waals surface area contributed by atoms with Crippen molar-refractivity contribution in [3.63, 3.8) is 0 Å². The number of rotatable bonds is 2. The van der Waals surface area contributed by atoms with Crippen LogP contribution in [0.5, 0.6) is 0 Å². The number of carbonyl (C=O) groups excluding carboxylic acids is 2. The molecule has 6 heteroatoms. The number of hydrogen-bond acceptors (Lipinski definition) is 3. The molecule has 5 nitrogen and oxygen atoms in total. The molecule has 0 aromatic carbocycles. The van der Waals surface area contributed by atoms with Crippen LogP contribution in [0.3, 0.4) is 0 Å². The van der Waals surface area contributed by atoms with Gasteiger partial charge in [0.25, 0.3) is 5.91 Å². The van der Waals surface area contributed by atoms with Gasteiger partial charge in [0.15, 0.2) is 0 Å². The third kappa shape index (κ3) is 2.46. The van der Waals surface area contributed by atoms with Crippen molar-refractivity contribution >= 4 is 27.7 Å². The summed E-state index contributed by atoms with van der Waals surface area (Å²) in [6.45, 7) is 0.679. The van der Waals surface area contributed by atoms with Gasteiger partial charge in [-0.05, 0) is 34.5 Å². The van der Waals surface area contributed by atoms with Gasteiger partial charge in [0.2, 0.25) is 5.91 Å². The molecule has 17 heavy (non-hydrogen) atoms. The van der Waals surface area contributed by atoms with Gasteiger partial charge < -0.3 is 10.2 Å². The van der Waals surface area contributed by atoms with Crippen molar-refractivity contribution in [1.82, 2.24) is 15.2 Å². The number of nitrogens with zero attached hydrogens (tertiary/aromatic N) is 2. The van der Waals surface area contributed by atoms with Crippen LogP contribution >= 0.6 is 15.9 Å². The van der Waals surface area contributed by atoms with E-state index in [0.717, 1.165) is 0 Å². The number of carbonyl (C=O) groups is 2. The summed E-state index contributed by atoms with van der Waals surface area (Å²) in [5, 5.41) is 2.72. The Hall–Kier alpha value is -1.43. The van der Waals surface area contributed by atoms with E-state index in [0.29, 0.717) is 23.1 Å². The minimum Gasteiger partial charge on any atom is -0.344 e. The van der Waals surface area contributed by atoms with Crippen molar-refractivity contribution in [2.75, 3.05) is 13.6 Å². The summed E-state index contributed by atoms with van der Waals surface area (Å²) in [7, 11) is 1.73. The van der Waals surface area contributed by atoms with Crippen molar-refractivity contribution < 1.29 is 9.59 Å². The molecule has 0 aliphatic carbocycles. The maximum Gasteiger partial charge on any atom is 0.254 e. The van der Waals surface area contributed by atoms with Crippen LogP contribution in [-0.4, -0.2) is 41.3 Å². The Morgan fingerprint density at radius 1 is 1.65 bits per heavy atom. The van der Waals surface area contributed by atoms with Crippen LogP contribution in [0.25, 0.3) is 0 Å². The summed E-state index contributed by atoms with van der Waals surface area (Å²) >= 11 is 3.21. The zero-order valence-corrected chi connectivity index (χ0v) is 10.9. The van der Waals surface area contributed by atoms with Gasteiger partial charge in [-0.2, -0.15) is 0 Å². The summed E-state index contributed by atoms with van der Waals surface area (Å²) in [5.41, 5.74) is 0.440. The summed E-state index contributed by atoms with van der Waals surface area (Å²) in [6.07, 6.45) is 2.24. The fourth-order valence-corrected chi connectivity index (χ4v) is 2.18. The standard InChI is InChI=1S/C11H12BrN3O2/c1-15-6-4-8(11(15)17)14-10(16)7-3-2-5-13-9(7)12/h2-3,5,8H,4,6H2,1H3,(H,14,16). The lowest BCUT2D eigenvalue weighted by Gasteiger charge is -2.12. The topological polar surface area (TPSA) is 62.3 Å². The van der Waals surface area contributed by atoms with Gasteiger partial charge in [-0.3, -0.25) is 9.59 Å². The number of halogens is 1. The smallest absolute Gasteiger partial charge is 0.254 e. The summed E-state index contributed by atoms with van der Waals surface area (Å²) < 4.78 is 0.483. The average molecular weight is 298 g/mol. The number of likely N-dealkylation sites (tertiary alicyclic amines) is 1. The van der Waals surface area contributed by atoms with E-state index in [4.69, 9.17) is 0 Å². The molecule has 0 radical (unpaired) electrons. The van der Waals surface area contributed by atoms with Gasteiger partial charge in [0, 0.05) is 19.8 Å². The molecule has 2 amide bonds. The molecule has 1 fully saturated rings. The van der Waals surface area contributed by atoms with Gasteiger partial charge in [-0.15, -0.1) is 0 Å². The maximum absolute atomic E-state index is 11.9. The summed E-state index contributed by atoms with van der Waals surface area (Å²) in [6, 6.07) is 2.93. The second-order valence-electron chi connectivity index (χ2n) is 3.92. The SMILES string of the molecule is CN1CCC(NC(=O)c2cccnc2Br)C1=O. The molecule has 1 aromatic heterocycles. The highest BCUT2D eigenvalue weighted by atomic mass is 79.9. The Morgan fingerprint density at radius 3 is 3.00 bits per heavy atom. The van der Waals surface area contributed by atoms with Crippen molar-refractivity contribution in [2.45, 2.75) is 12.5 Å². The number of likely N-dealkylation sites (N-methyl/N-ethyl adjacent to an activating group) is 1.